The van der Waals surface area contributed by atoms with E-state index in [1.807, 2.05) is 6.92 Å². The van der Waals surface area contributed by atoms with Crippen LogP contribution in [0.2, 0.25) is 0 Å². The Balaban J connectivity index is 3.39. The zero-order chi connectivity index (χ0) is 10.3. The van der Waals surface area contributed by atoms with Gasteiger partial charge in [0.05, 0.1) is 18.8 Å². The second-order valence-corrected chi connectivity index (χ2v) is 2.93. The van der Waals surface area contributed by atoms with E-state index in [0.29, 0.717) is 19.6 Å². The molecule has 2 unspecified atom stereocenters. The van der Waals surface area contributed by atoms with E-state index in [-0.39, 0.29) is 6.10 Å². The minimum absolute atomic E-state index is 0.0186. The van der Waals surface area contributed by atoms with Crippen molar-refractivity contribution in [3.8, 4) is 0 Å². The molecule has 0 aromatic carbocycles. The fourth-order valence-corrected chi connectivity index (χ4v) is 0.821. The van der Waals surface area contributed by atoms with Gasteiger partial charge in [0.1, 0.15) is 0 Å². The zero-order valence-electron chi connectivity index (χ0n) is 8.16. The monoisotopic (exact) mass is 190 g/mol. The van der Waals surface area contributed by atoms with Crippen molar-refractivity contribution in [1.82, 2.24) is 0 Å². The van der Waals surface area contributed by atoms with Crippen LogP contribution in [-0.4, -0.2) is 38.4 Å². The van der Waals surface area contributed by atoms with Crippen molar-refractivity contribution < 1.29 is 14.3 Å². The number of ether oxygens (including phenoxy) is 2. The van der Waals surface area contributed by atoms with E-state index >= 15 is 0 Å². The molecule has 0 bridgehead atoms. The summed E-state index contributed by atoms with van der Waals surface area (Å²) < 4.78 is 10.2. The van der Waals surface area contributed by atoms with Crippen LogP contribution in [0.15, 0.2) is 0 Å². The number of amides is 1. The lowest BCUT2D eigenvalue weighted by Crippen LogP contribution is -2.37. The third-order valence-electron chi connectivity index (χ3n) is 1.60. The molecule has 0 saturated carbocycles. The Morgan fingerprint density at radius 2 is 2.15 bits per heavy atom. The summed E-state index contributed by atoms with van der Waals surface area (Å²) >= 11 is 0. The third kappa shape index (κ3) is 6.51. The standard InChI is InChI=1S/C8H18N2O3/c1-6(5-12-2)13-4-3-7(9)8(10)11/h6-7H,3-5,9H2,1-2H3,(H2,10,11). The van der Waals surface area contributed by atoms with Crippen molar-refractivity contribution in [2.24, 2.45) is 11.5 Å². The number of carbonyl (C=O) groups excluding carboxylic acids is 1. The largest absolute Gasteiger partial charge is 0.382 e. The molecule has 1 amide bonds. The van der Waals surface area contributed by atoms with Gasteiger partial charge in [0, 0.05) is 13.7 Å². The van der Waals surface area contributed by atoms with Gasteiger partial charge in [-0.3, -0.25) is 4.79 Å². The van der Waals surface area contributed by atoms with Gasteiger partial charge in [0.25, 0.3) is 0 Å². The molecule has 0 aliphatic carbocycles. The van der Waals surface area contributed by atoms with Gasteiger partial charge in [-0.15, -0.1) is 0 Å². The maximum atomic E-state index is 10.5. The van der Waals surface area contributed by atoms with Crippen molar-refractivity contribution in [2.45, 2.75) is 25.5 Å². The molecular weight excluding hydrogens is 172 g/mol. The maximum absolute atomic E-state index is 10.5. The highest BCUT2D eigenvalue weighted by Gasteiger charge is 2.09. The van der Waals surface area contributed by atoms with Crippen molar-refractivity contribution in [3.63, 3.8) is 0 Å². The summed E-state index contributed by atoms with van der Waals surface area (Å²) in [7, 11) is 1.61. The molecule has 0 saturated heterocycles. The minimum Gasteiger partial charge on any atom is -0.382 e. The average molecular weight is 190 g/mol. The summed E-state index contributed by atoms with van der Waals surface area (Å²) in [6.45, 7) is 2.85. The maximum Gasteiger partial charge on any atom is 0.234 e. The van der Waals surface area contributed by atoms with Crippen LogP contribution >= 0.6 is 0 Å². The molecule has 0 aliphatic heterocycles. The molecule has 0 spiro atoms. The third-order valence-corrected chi connectivity index (χ3v) is 1.60. The predicted octanol–water partition coefficient (Wildman–Crippen LogP) is -0.759. The van der Waals surface area contributed by atoms with E-state index in [0.717, 1.165) is 0 Å². The quantitative estimate of drug-likeness (QED) is 0.552. The lowest BCUT2D eigenvalue weighted by atomic mass is 10.2. The van der Waals surface area contributed by atoms with E-state index < -0.39 is 11.9 Å². The molecule has 0 fully saturated rings. The Bertz CT molecular complexity index is 152. The van der Waals surface area contributed by atoms with Gasteiger partial charge >= 0.3 is 0 Å². The molecule has 0 aromatic rings. The Kier molecular flexibility index (Phi) is 6.48. The first-order chi connectivity index (χ1) is 6.07. The average Bonchev–Trinajstić information content (AvgIpc) is 2.04. The van der Waals surface area contributed by atoms with Crippen LogP contribution in [0.3, 0.4) is 0 Å². The molecule has 0 radical (unpaired) electrons. The van der Waals surface area contributed by atoms with E-state index in [4.69, 9.17) is 20.9 Å². The van der Waals surface area contributed by atoms with Crippen LogP contribution < -0.4 is 11.5 Å². The van der Waals surface area contributed by atoms with Crippen LogP contribution in [-0.2, 0) is 14.3 Å². The number of rotatable bonds is 7. The number of carbonyl (C=O) groups is 1. The number of hydrogen-bond donors (Lipinski definition) is 2. The van der Waals surface area contributed by atoms with E-state index in [1.165, 1.54) is 0 Å². The first-order valence-electron chi connectivity index (χ1n) is 4.23. The molecule has 78 valence electrons. The lowest BCUT2D eigenvalue weighted by Gasteiger charge is -2.13. The summed E-state index contributed by atoms with van der Waals surface area (Å²) in [6.07, 6.45) is 0.466. The number of hydrogen-bond acceptors (Lipinski definition) is 4. The van der Waals surface area contributed by atoms with Crippen molar-refractivity contribution in [2.75, 3.05) is 20.3 Å². The Morgan fingerprint density at radius 3 is 2.62 bits per heavy atom. The first-order valence-corrected chi connectivity index (χ1v) is 4.23. The fraction of sp³-hybridized carbons (Fsp3) is 0.875. The predicted molar refractivity (Wildman–Crippen MR) is 49.1 cm³/mol. The summed E-state index contributed by atoms with van der Waals surface area (Å²) in [6, 6.07) is -0.616. The van der Waals surface area contributed by atoms with E-state index in [9.17, 15) is 4.79 Å². The van der Waals surface area contributed by atoms with Gasteiger partial charge < -0.3 is 20.9 Å². The van der Waals surface area contributed by atoms with E-state index in [2.05, 4.69) is 0 Å². The number of nitrogens with two attached hydrogens (primary N) is 2. The van der Waals surface area contributed by atoms with Crippen LogP contribution in [0.4, 0.5) is 0 Å². The molecule has 2 atom stereocenters. The first kappa shape index (κ1) is 12.3. The van der Waals surface area contributed by atoms with Crippen molar-refractivity contribution in [1.29, 1.82) is 0 Å². The fourth-order valence-electron chi connectivity index (χ4n) is 0.821. The molecule has 5 nitrogen and oxygen atoms in total. The molecule has 5 heteroatoms. The van der Waals surface area contributed by atoms with Crippen LogP contribution in [0.1, 0.15) is 13.3 Å². The highest BCUT2D eigenvalue weighted by molar-refractivity contribution is 5.79. The molecule has 4 N–H and O–H groups in total. The number of methoxy groups -OCH3 is 1. The highest BCUT2D eigenvalue weighted by Crippen LogP contribution is 1.94. The van der Waals surface area contributed by atoms with Crippen LogP contribution in [0.25, 0.3) is 0 Å². The minimum atomic E-state index is -0.616. The topological polar surface area (TPSA) is 87.6 Å². The van der Waals surface area contributed by atoms with Gasteiger partial charge in [-0.05, 0) is 13.3 Å². The normalized spacial score (nSPS) is 15.3. The van der Waals surface area contributed by atoms with Crippen LogP contribution in [0.5, 0.6) is 0 Å². The summed E-state index contributed by atoms with van der Waals surface area (Å²) in [5.74, 6) is -0.497. The molecule has 13 heavy (non-hydrogen) atoms. The van der Waals surface area contributed by atoms with Gasteiger partial charge in [0.15, 0.2) is 0 Å². The summed E-state index contributed by atoms with van der Waals surface area (Å²) in [5, 5.41) is 0. The van der Waals surface area contributed by atoms with Crippen LogP contribution in [0, 0.1) is 0 Å². The molecule has 0 heterocycles. The highest BCUT2D eigenvalue weighted by atomic mass is 16.5. The molecule has 0 aliphatic rings. The summed E-state index contributed by atoms with van der Waals surface area (Å²) in [4.78, 5) is 10.5. The van der Waals surface area contributed by atoms with E-state index in [1.54, 1.807) is 7.11 Å². The van der Waals surface area contributed by atoms with Crippen molar-refractivity contribution in [3.05, 3.63) is 0 Å². The second kappa shape index (κ2) is 6.82. The molecule has 0 rings (SSSR count). The van der Waals surface area contributed by atoms with Gasteiger partial charge in [-0.2, -0.15) is 0 Å². The number of primary amides is 1. The lowest BCUT2D eigenvalue weighted by molar-refractivity contribution is -0.119. The van der Waals surface area contributed by atoms with Gasteiger partial charge in [0.2, 0.25) is 5.91 Å². The summed E-state index contributed by atoms with van der Waals surface area (Å²) in [5.41, 5.74) is 10.4. The Labute approximate surface area is 78.4 Å². The van der Waals surface area contributed by atoms with Gasteiger partial charge in [-0.25, -0.2) is 0 Å². The second-order valence-electron chi connectivity index (χ2n) is 2.93. The smallest absolute Gasteiger partial charge is 0.234 e. The Morgan fingerprint density at radius 1 is 1.54 bits per heavy atom. The molecular formula is C8H18N2O3. The van der Waals surface area contributed by atoms with Gasteiger partial charge in [-0.1, -0.05) is 0 Å². The zero-order valence-corrected chi connectivity index (χ0v) is 8.16. The SMILES string of the molecule is COCC(C)OCCC(N)C(N)=O. The van der Waals surface area contributed by atoms with Crippen molar-refractivity contribution >= 4 is 5.91 Å². The molecule has 0 aromatic heterocycles. The Hall–Kier alpha value is -0.650.